The molecule has 0 aliphatic rings. The third kappa shape index (κ3) is 8.38. The van der Waals surface area contributed by atoms with Gasteiger partial charge in [0.2, 0.25) is 0 Å². The lowest BCUT2D eigenvalue weighted by molar-refractivity contribution is 0.194. The summed E-state index contributed by atoms with van der Waals surface area (Å²) in [5, 5.41) is 5.21. The van der Waals surface area contributed by atoms with Crippen LogP contribution in [0.5, 0.6) is 5.75 Å². The average molecular weight is 485 g/mol. The highest BCUT2D eigenvalue weighted by Crippen LogP contribution is 2.24. The van der Waals surface area contributed by atoms with Crippen molar-refractivity contribution >= 4 is 21.5 Å². The van der Waals surface area contributed by atoms with Crippen molar-refractivity contribution < 1.29 is 9.47 Å². The van der Waals surface area contributed by atoms with Gasteiger partial charge in [0.15, 0.2) is 0 Å². The third-order valence-corrected chi connectivity index (χ3v) is 6.59. The van der Waals surface area contributed by atoms with Gasteiger partial charge in [-0.2, -0.15) is 0 Å². The van der Waals surface area contributed by atoms with Crippen molar-refractivity contribution in [3.05, 3.63) is 89.5 Å². The summed E-state index contributed by atoms with van der Waals surface area (Å²) in [6.45, 7) is 10.5. The molecule has 0 heterocycles. The van der Waals surface area contributed by atoms with Crippen molar-refractivity contribution in [2.45, 2.75) is 72.1 Å². The van der Waals surface area contributed by atoms with E-state index in [1.54, 1.807) is 7.11 Å². The molecule has 0 unspecified atom stereocenters. The number of hydrogen-bond acceptors (Lipinski definition) is 2. The van der Waals surface area contributed by atoms with Gasteiger partial charge in [-0.25, -0.2) is 0 Å². The van der Waals surface area contributed by atoms with Crippen LogP contribution in [0.1, 0.15) is 76.0 Å². The van der Waals surface area contributed by atoms with Crippen molar-refractivity contribution in [3.8, 4) is 5.75 Å². The molecule has 0 aromatic heterocycles. The van der Waals surface area contributed by atoms with E-state index in [0.29, 0.717) is 5.92 Å². The van der Waals surface area contributed by atoms with Gasteiger partial charge in [0.05, 0.1) is 6.61 Å². The van der Waals surface area contributed by atoms with Crippen molar-refractivity contribution in [1.82, 2.24) is 0 Å². The van der Waals surface area contributed by atoms with Crippen molar-refractivity contribution in [2.75, 3.05) is 20.3 Å². The monoisotopic (exact) mass is 484 g/mol. The zero-order chi connectivity index (χ0) is 25.8. The van der Waals surface area contributed by atoms with Crippen molar-refractivity contribution in [3.63, 3.8) is 0 Å². The van der Waals surface area contributed by atoms with Gasteiger partial charge in [-0.1, -0.05) is 101 Å². The minimum Gasteiger partial charge on any atom is -0.494 e. The molecule has 0 saturated heterocycles. The molecule has 2 heteroatoms. The van der Waals surface area contributed by atoms with Gasteiger partial charge in [0.1, 0.15) is 5.75 Å². The van der Waals surface area contributed by atoms with E-state index >= 15 is 0 Å². The number of fused-ring (bicyclic) bond motifs is 2. The molecule has 192 valence electrons. The van der Waals surface area contributed by atoms with Crippen molar-refractivity contribution in [1.29, 1.82) is 0 Å². The highest BCUT2D eigenvalue weighted by molar-refractivity contribution is 5.85. The molecule has 2 nitrogen and oxygen atoms in total. The standard InChI is InChI=1S/C29H32O.C5H12O/c1-4-6-22-8-11-28-20-29(15-14-26(28)17-22)30-16-5-7-23-9-10-27-19-24(21(2)3)12-13-25(27)18-23;1-3-4-5-6-2/h8-15,17-21H,4-7,16H2,1-3H3;3-5H2,1-2H3. The minimum atomic E-state index is 0.569. The summed E-state index contributed by atoms with van der Waals surface area (Å²) < 4.78 is 10.8. The molecular weight excluding hydrogens is 440 g/mol. The predicted molar refractivity (Wildman–Crippen MR) is 157 cm³/mol. The van der Waals surface area contributed by atoms with Crippen LogP contribution >= 0.6 is 0 Å². The molecule has 0 aliphatic carbocycles. The summed E-state index contributed by atoms with van der Waals surface area (Å²) >= 11 is 0. The first-order valence-electron chi connectivity index (χ1n) is 13.7. The number of ether oxygens (including phenoxy) is 2. The smallest absolute Gasteiger partial charge is 0.119 e. The first kappa shape index (κ1) is 27.7. The highest BCUT2D eigenvalue weighted by atomic mass is 16.5. The van der Waals surface area contributed by atoms with Gasteiger partial charge in [0.25, 0.3) is 0 Å². The van der Waals surface area contributed by atoms with Gasteiger partial charge < -0.3 is 9.47 Å². The molecule has 4 rings (SSSR count). The zero-order valence-electron chi connectivity index (χ0n) is 23.0. The molecule has 0 spiro atoms. The maximum atomic E-state index is 6.04. The van der Waals surface area contributed by atoms with E-state index in [1.807, 2.05) is 0 Å². The number of methoxy groups -OCH3 is 1. The topological polar surface area (TPSA) is 18.5 Å². The molecular formula is C34H44O2. The third-order valence-electron chi connectivity index (χ3n) is 6.59. The quantitative estimate of drug-likeness (QED) is 0.197. The summed E-state index contributed by atoms with van der Waals surface area (Å²) in [7, 11) is 1.73. The molecule has 4 aromatic rings. The van der Waals surface area contributed by atoms with Gasteiger partial charge >= 0.3 is 0 Å². The van der Waals surface area contributed by atoms with Crippen LogP contribution in [0.2, 0.25) is 0 Å². The molecule has 0 atom stereocenters. The fourth-order valence-electron chi connectivity index (χ4n) is 4.39. The maximum absolute atomic E-state index is 6.04. The molecule has 0 amide bonds. The highest BCUT2D eigenvalue weighted by Gasteiger charge is 2.03. The van der Waals surface area contributed by atoms with E-state index in [2.05, 4.69) is 100 Å². The van der Waals surface area contributed by atoms with Crippen LogP contribution in [0.4, 0.5) is 0 Å². The van der Waals surface area contributed by atoms with E-state index < -0.39 is 0 Å². The van der Waals surface area contributed by atoms with Gasteiger partial charge in [0, 0.05) is 13.7 Å². The van der Waals surface area contributed by atoms with E-state index in [9.17, 15) is 0 Å². The average Bonchev–Trinajstić information content (AvgIpc) is 2.90. The SMILES string of the molecule is CCCCOC.CCCc1ccc2cc(OCCCc3ccc4cc(C(C)C)ccc4c3)ccc2c1. The van der Waals surface area contributed by atoms with Crippen LogP contribution in [0.15, 0.2) is 72.8 Å². The molecule has 0 aliphatic heterocycles. The first-order chi connectivity index (χ1) is 17.5. The van der Waals surface area contributed by atoms with Gasteiger partial charge in [-0.05, 0) is 82.0 Å². The maximum Gasteiger partial charge on any atom is 0.119 e. The van der Waals surface area contributed by atoms with E-state index in [-0.39, 0.29) is 0 Å². The minimum absolute atomic E-state index is 0.569. The molecule has 0 bridgehead atoms. The Hall–Kier alpha value is -2.84. The summed E-state index contributed by atoms with van der Waals surface area (Å²) in [5.74, 6) is 1.53. The molecule has 0 N–H and O–H groups in total. The number of benzene rings is 4. The van der Waals surface area contributed by atoms with Crippen LogP contribution in [0.25, 0.3) is 21.5 Å². The van der Waals surface area contributed by atoms with E-state index in [4.69, 9.17) is 9.47 Å². The lowest BCUT2D eigenvalue weighted by atomic mass is 9.97. The number of aryl methyl sites for hydroxylation is 2. The predicted octanol–water partition coefficient (Wildman–Crippen LogP) is 9.51. The molecule has 0 fully saturated rings. The fraction of sp³-hybridized carbons (Fsp3) is 0.412. The molecule has 0 saturated carbocycles. The lowest BCUT2D eigenvalue weighted by Gasteiger charge is -2.10. The fourth-order valence-corrected chi connectivity index (χ4v) is 4.39. The van der Waals surface area contributed by atoms with Crippen LogP contribution in [0.3, 0.4) is 0 Å². The van der Waals surface area contributed by atoms with Gasteiger partial charge in [-0.15, -0.1) is 0 Å². The second-order valence-electron chi connectivity index (χ2n) is 9.99. The Kier molecular flexibility index (Phi) is 11.3. The zero-order valence-corrected chi connectivity index (χ0v) is 23.0. The van der Waals surface area contributed by atoms with Crippen LogP contribution in [-0.4, -0.2) is 20.3 Å². The largest absolute Gasteiger partial charge is 0.494 e. The number of unbranched alkanes of at least 4 members (excludes halogenated alkanes) is 1. The molecule has 4 aromatic carbocycles. The Bertz CT molecular complexity index is 1200. The van der Waals surface area contributed by atoms with Gasteiger partial charge in [-0.3, -0.25) is 0 Å². The number of rotatable bonds is 11. The Labute approximate surface area is 218 Å². The molecule has 36 heavy (non-hydrogen) atoms. The van der Waals surface area contributed by atoms with Crippen molar-refractivity contribution in [2.24, 2.45) is 0 Å². The summed E-state index contributed by atoms with van der Waals surface area (Å²) in [4.78, 5) is 0. The second-order valence-corrected chi connectivity index (χ2v) is 9.99. The normalized spacial score (nSPS) is 11.1. The summed E-state index contributed by atoms with van der Waals surface area (Å²) in [6, 6.07) is 26.9. The molecule has 0 radical (unpaired) electrons. The van der Waals surface area contributed by atoms with Crippen LogP contribution in [-0.2, 0) is 17.6 Å². The Morgan fingerprint density at radius 1 is 0.611 bits per heavy atom. The van der Waals surface area contributed by atoms with Crippen LogP contribution in [0, 0.1) is 0 Å². The Morgan fingerprint density at radius 2 is 1.22 bits per heavy atom. The second kappa shape index (κ2) is 14.7. The first-order valence-corrected chi connectivity index (χ1v) is 13.7. The summed E-state index contributed by atoms with van der Waals surface area (Å²) in [5.41, 5.74) is 4.19. The number of hydrogen-bond donors (Lipinski definition) is 0. The summed E-state index contributed by atoms with van der Waals surface area (Å²) in [6.07, 6.45) is 6.80. The Morgan fingerprint density at radius 3 is 1.83 bits per heavy atom. The van der Waals surface area contributed by atoms with E-state index in [0.717, 1.165) is 38.2 Å². The van der Waals surface area contributed by atoms with Crippen LogP contribution < -0.4 is 4.74 Å². The lowest BCUT2D eigenvalue weighted by Crippen LogP contribution is -1.99. The van der Waals surface area contributed by atoms with E-state index in [1.165, 1.54) is 57.5 Å². The Balaban J connectivity index is 0.000000538.